The molecule has 0 aromatic carbocycles. The zero-order valence-corrected chi connectivity index (χ0v) is 12.0. The monoisotopic (exact) mass is 266 g/mol. The van der Waals surface area contributed by atoms with Crippen LogP contribution in [0.15, 0.2) is 12.4 Å². The number of hydrogen-bond acceptors (Lipinski definition) is 4. The average molecular weight is 266 g/mol. The van der Waals surface area contributed by atoms with Crippen molar-refractivity contribution in [3.8, 4) is 0 Å². The van der Waals surface area contributed by atoms with Crippen LogP contribution >= 0.6 is 0 Å². The Bertz CT molecular complexity index is 450. The van der Waals surface area contributed by atoms with Gasteiger partial charge in [0.1, 0.15) is 17.5 Å². The van der Waals surface area contributed by atoms with Crippen LogP contribution in [0, 0.1) is 0 Å². The second kappa shape index (κ2) is 5.21. The summed E-state index contributed by atoms with van der Waals surface area (Å²) < 4.78 is 7.41. The number of carbonyl (C=O) groups excluding carboxylic acids is 1. The van der Waals surface area contributed by atoms with Crippen LogP contribution in [0.3, 0.4) is 0 Å². The van der Waals surface area contributed by atoms with Gasteiger partial charge in [0.05, 0.1) is 0 Å². The molecule has 0 radical (unpaired) electrons. The van der Waals surface area contributed by atoms with Crippen molar-refractivity contribution in [2.24, 2.45) is 7.05 Å². The molecule has 1 aromatic heterocycles. The number of rotatable bonds is 1. The molecule has 1 unspecified atom stereocenters. The van der Waals surface area contributed by atoms with Crippen molar-refractivity contribution in [2.75, 3.05) is 19.6 Å². The maximum Gasteiger partial charge on any atom is 0.411 e. The molecule has 1 fully saturated rings. The van der Waals surface area contributed by atoms with Gasteiger partial charge in [0, 0.05) is 39.1 Å². The van der Waals surface area contributed by atoms with E-state index in [4.69, 9.17) is 4.74 Å². The predicted molar refractivity (Wildman–Crippen MR) is 71.8 cm³/mol. The van der Waals surface area contributed by atoms with Gasteiger partial charge in [-0.1, -0.05) is 0 Å². The molecule has 1 atom stereocenters. The molecular weight excluding hydrogens is 244 g/mol. The molecule has 106 valence electrons. The third-order valence-corrected chi connectivity index (χ3v) is 3.03. The lowest BCUT2D eigenvalue weighted by molar-refractivity contribution is 0.0105. The molecule has 2 rings (SSSR count). The number of imidazole rings is 1. The first-order chi connectivity index (χ1) is 8.88. The van der Waals surface area contributed by atoms with Crippen molar-refractivity contribution in [3.05, 3.63) is 18.2 Å². The van der Waals surface area contributed by atoms with Crippen LogP contribution in [0.2, 0.25) is 0 Å². The minimum absolute atomic E-state index is 0.0800. The Labute approximate surface area is 113 Å². The number of carbonyl (C=O) groups is 1. The Morgan fingerprint density at radius 1 is 1.53 bits per heavy atom. The Kier molecular flexibility index (Phi) is 3.80. The molecule has 1 N–H and O–H groups in total. The largest absolute Gasteiger partial charge is 0.444 e. The number of nitrogens with one attached hydrogen (secondary N) is 1. The molecule has 1 aliphatic heterocycles. The highest BCUT2D eigenvalue weighted by Crippen LogP contribution is 2.22. The topological polar surface area (TPSA) is 59.4 Å². The summed E-state index contributed by atoms with van der Waals surface area (Å²) in [7, 11) is 1.93. The quantitative estimate of drug-likeness (QED) is 0.832. The van der Waals surface area contributed by atoms with E-state index in [1.54, 1.807) is 11.1 Å². The van der Waals surface area contributed by atoms with Gasteiger partial charge in [0.2, 0.25) is 0 Å². The van der Waals surface area contributed by atoms with Crippen molar-refractivity contribution in [1.29, 1.82) is 0 Å². The summed E-state index contributed by atoms with van der Waals surface area (Å²) in [6.45, 7) is 7.74. The highest BCUT2D eigenvalue weighted by atomic mass is 16.6. The Balaban J connectivity index is 2.17. The van der Waals surface area contributed by atoms with Crippen molar-refractivity contribution in [1.82, 2.24) is 19.8 Å². The van der Waals surface area contributed by atoms with Crippen LogP contribution < -0.4 is 5.32 Å². The van der Waals surface area contributed by atoms with E-state index in [1.165, 1.54) is 0 Å². The lowest BCUT2D eigenvalue weighted by Crippen LogP contribution is -2.50. The van der Waals surface area contributed by atoms with Crippen molar-refractivity contribution < 1.29 is 9.53 Å². The molecule has 0 aliphatic carbocycles. The molecule has 1 aliphatic rings. The van der Waals surface area contributed by atoms with Crippen LogP contribution in [-0.4, -0.2) is 45.8 Å². The van der Waals surface area contributed by atoms with Gasteiger partial charge in [-0.05, 0) is 20.8 Å². The Hall–Kier alpha value is -1.56. The summed E-state index contributed by atoms with van der Waals surface area (Å²) in [5.74, 6) is 0.873. The lowest BCUT2D eigenvalue weighted by Gasteiger charge is -2.36. The summed E-state index contributed by atoms with van der Waals surface area (Å²) in [4.78, 5) is 18.4. The van der Waals surface area contributed by atoms with E-state index >= 15 is 0 Å². The molecule has 1 amide bonds. The molecule has 2 heterocycles. The van der Waals surface area contributed by atoms with Crippen molar-refractivity contribution in [2.45, 2.75) is 32.4 Å². The van der Waals surface area contributed by atoms with E-state index in [1.807, 2.05) is 38.6 Å². The van der Waals surface area contributed by atoms with E-state index in [9.17, 15) is 4.79 Å². The highest BCUT2D eigenvalue weighted by Gasteiger charge is 2.33. The maximum absolute atomic E-state index is 12.3. The highest BCUT2D eigenvalue weighted by molar-refractivity contribution is 5.69. The first-order valence-corrected chi connectivity index (χ1v) is 6.56. The molecule has 0 saturated carbocycles. The Morgan fingerprint density at radius 2 is 2.26 bits per heavy atom. The van der Waals surface area contributed by atoms with Gasteiger partial charge >= 0.3 is 6.09 Å². The number of piperazine rings is 1. The second-order valence-electron chi connectivity index (χ2n) is 5.79. The average Bonchev–Trinajstić information content (AvgIpc) is 2.73. The molecule has 6 heteroatoms. The summed E-state index contributed by atoms with van der Waals surface area (Å²) >= 11 is 0. The predicted octanol–water partition coefficient (Wildman–Crippen LogP) is 1.30. The number of nitrogens with zero attached hydrogens (tertiary/aromatic N) is 3. The van der Waals surface area contributed by atoms with Crippen LogP contribution in [0.1, 0.15) is 32.6 Å². The van der Waals surface area contributed by atoms with E-state index < -0.39 is 5.60 Å². The standard InChI is InChI=1S/C13H22N4O2/c1-13(2,3)19-12(18)17-8-5-14-9-10(17)11-15-6-7-16(11)4/h6-7,10,14H,5,8-9H2,1-4H3. The number of amides is 1. The van der Waals surface area contributed by atoms with Gasteiger partial charge in [0.25, 0.3) is 0 Å². The SMILES string of the molecule is Cn1ccnc1C1CNCCN1C(=O)OC(C)(C)C. The molecule has 1 aromatic rings. The van der Waals surface area contributed by atoms with Crippen LogP contribution in [0.5, 0.6) is 0 Å². The second-order valence-corrected chi connectivity index (χ2v) is 5.79. The summed E-state index contributed by atoms with van der Waals surface area (Å²) in [6, 6.07) is -0.0800. The van der Waals surface area contributed by atoms with Crippen LogP contribution in [0.25, 0.3) is 0 Å². The smallest absolute Gasteiger partial charge is 0.411 e. The third kappa shape index (κ3) is 3.26. The van der Waals surface area contributed by atoms with Gasteiger partial charge in [-0.3, -0.25) is 4.90 Å². The summed E-state index contributed by atoms with van der Waals surface area (Å²) in [5, 5.41) is 3.30. The normalized spacial score (nSPS) is 20.4. The number of ether oxygens (including phenoxy) is 1. The minimum Gasteiger partial charge on any atom is -0.444 e. The van der Waals surface area contributed by atoms with Crippen molar-refractivity contribution >= 4 is 6.09 Å². The first-order valence-electron chi connectivity index (χ1n) is 6.56. The van der Waals surface area contributed by atoms with Crippen LogP contribution in [-0.2, 0) is 11.8 Å². The molecular formula is C13H22N4O2. The van der Waals surface area contributed by atoms with Gasteiger partial charge in [-0.2, -0.15) is 0 Å². The molecule has 19 heavy (non-hydrogen) atoms. The van der Waals surface area contributed by atoms with Gasteiger partial charge in [-0.25, -0.2) is 9.78 Å². The summed E-state index contributed by atoms with van der Waals surface area (Å²) in [5.41, 5.74) is -0.478. The fourth-order valence-corrected chi connectivity index (χ4v) is 2.17. The number of aromatic nitrogens is 2. The summed E-state index contributed by atoms with van der Waals surface area (Å²) in [6.07, 6.45) is 3.36. The van der Waals surface area contributed by atoms with Gasteiger partial charge in [-0.15, -0.1) is 0 Å². The zero-order chi connectivity index (χ0) is 14.0. The van der Waals surface area contributed by atoms with Gasteiger partial charge in [0.15, 0.2) is 0 Å². The molecule has 1 saturated heterocycles. The fourth-order valence-electron chi connectivity index (χ4n) is 2.17. The molecule has 0 bridgehead atoms. The number of aryl methyl sites for hydroxylation is 1. The van der Waals surface area contributed by atoms with Crippen LogP contribution in [0.4, 0.5) is 4.79 Å². The van der Waals surface area contributed by atoms with E-state index in [2.05, 4.69) is 10.3 Å². The third-order valence-electron chi connectivity index (χ3n) is 3.03. The molecule has 0 spiro atoms. The van der Waals surface area contributed by atoms with E-state index in [0.29, 0.717) is 13.1 Å². The first kappa shape index (κ1) is 13.9. The maximum atomic E-state index is 12.3. The minimum atomic E-state index is -0.478. The zero-order valence-electron chi connectivity index (χ0n) is 12.0. The lowest BCUT2D eigenvalue weighted by atomic mass is 10.2. The Morgan fingerprint density at radius 3 is 2.84 bits per heavy atom. The van der Waals surface area contributed by atoms with E-state index in [0.717, 1.165) is 12.4 Å². The van der Waals surface area contributed by atoms with Crippen molar-refractivity contribution in [3.63, 3.8) is 0 Å². The molecule has 6 nitrogen and oxygen atoms in total. The fraction of sp³-hybridized carbons (Fsp3) is 0.692. The van der Waals surface area contributed by atoms with E-state index in [-0.39, 0.29) is 12.1 Å². The number of hydrogen-bond donors (Lipinski definition) is 1. The van der Waals surface area contributed by atoms with Gasteiger partial charge < -0.3 is 14.6 Å².